The summed E-state index contributed by atoms with van der Waals surface area (Å²) in [6.45, 7) is 4.43. The first-order chi connectivity index (χ1) is 18.5. The van der Waals surface area contributed by atoms with Crippen LogP contribution in [0.3, 0.4) is 0 Å². The Hall–Kier alpha value is -3.79. The number of ether oxygens (including phenoxy) is 2. The van der Waals surface area contributed by atoms with Gasteiger partial charge < -0.3 is 13.9 Å². The van der Waals surface area contributed by atoms with E-state index in [2.05, 4.69) is 15.9 Å². The number of carbonyl (C=O) groups excluding carboxylic acids is 1. The number of benzene rings is 3. The van der Waals surface area contributed by atoms with Crippen molar-refractivity contribution in [1.82, 2.24) is 0 Å². The minimum atomic E-state index is -4.63. The topological polar surface area (TPSA) is 69.0 Å². The molecule has 1 unspecified atom stereocenters. The van der Waals surface area contributed by atoms with Crippen LogP contribution in [0.25, 0.3) is 11.0 Å². The van der Waals surface area contributed by atoms with E-state index < -0.39 is 29.1 Å². The third-order valence-electron chi connectivity index (χ3n) is 6.36. The standard InChI is InChI=1S/C29H23BrF3NO5/c1-15(2)14-38-22-9-7-16(11-23(22)37-3)25-24-26(35)20-13-18(30)8-10-21(20)39-27(24)28(36)34(25)19-6-4-5-17(12-19)29(31,32)33/h4-13,15,25H,14H2,1-3H3. The first-order valence-corrected chi connectivity index (χ1v) is 12.9. The highest BCUT2D eigenvalue weighted by molar-refractivity contribution is 9.10. The minimum Gasteiger partial charge on any atom is -0.493 e. The molecule has 0 fully saturated rings. The predicted molar refractivity (Wildman–Crippen MR) is 144 cm³/mol. The summed E-state index contributed by atoms with van der Waals surface area (Å²) in [7, 11) is 1.46. The number of hydrogen-bond acceptors (Lipinski definition) is 5. The lowest BCUT2D eigenvalue weighted by Crippen LogP contribution is -2.29. The maximum atomic E-state index is 13.8. The second-order valence-electron chi connectivity index (χ2n) is 9.56. The molecule has 1 aromatic heterocycles. The Morgan fingerprint density at radius 1 is 1.03 bits per heavy atom. The van der Waals surface area contributed by atoms with E-state index in [1.54, 1.807) is 36.4 Å². The molecule has 0 saturated carbocycles. The molecule has 0 saturated heterocycles. The third kappa shape index (κ3) is 4.89. The van der Waals surface area contributed by atoms with Gasteiger partial charge in [-0.25, -0.2) is 0 Å². The van der Waals surface area contributed by atoms with Crippen LogP contribution in [-0.4, -0.2) is 19.6 Å². The molecule has 0 bridgehead atoms. The van der Waals surface area contributed by atoms with Gasteiger partial charge in [0.1, 0.15) is 5.58 Å². The largest absolute Gasteiger partial charge is 0.493 e. The number of halogens is 4. The Kier molecular flexibility index (Phi) is 6.92. The normalized spacial score (nSPS) is 15.2. The number of anilines is 1. The van der Waals surface area contributed by atoms with Crippen LogP contribution in [0.1, 0.15) is 47.1 Å². The summed E-state index contributed by atoms with van der Waals surface area (Å²) in [6, 6.07) is 13.1. The third-order valence-corrected chi connectivity index (χ3v) is 6.85. The highest BCUT2D eigenvalue weighted by atomic mass is 79.9. The van der Waals surface area contributed by atoms with Crippen LogP contribution in [0, 0.1) is 5.92 Å². The monoisotopic (exact) mass is 601 g/mol. The predicted octanol–water partition coefficient (Wildman–Crippen LogP) is 7.37. The Labute approximate surface area is 230 Å². The van der Waals surface area contributed by atoms with Crippen LogP contribution < -0.4 is 19.8 Å². The fraction of sp³-hybridized carbons (Fsp3) is 0.241. The number of nitrogens with zero attached hydrogens (tertiary/aromatic N) is 1. The van der Waals surface area contributed by atoms with Crippen LogP contribution in [0.5, 0.6) is 11.5 Å². The molecule has 39 heavy (non-hydrogen) atoms. The summed E-state index contributed by atoms with van der Waals surface area (Å²) in [5.41, 5.74) is -0.758. The molecule has 1 atom stereocenters. The van der Waals surface area contributed by atoms with Gasteiger partial charge in [-0.2, -0.15) is 13.2 Å². The zero-order valence-electron chi connectivity index (χ0n) is 21.1. The molecule has 10 heteroatoms. The van der Waals surface area contributed by atoms with Crippen molar-refractivity contribution in [3.63, 3.8) is 0 Å². The smallest absolute Gasteiger partial charge is 0.416 e. The molecule has 2 heterocycles. The Bertz CT molecular complexity index is 1650. The lowest BCUT2D eigenvalue weighted by Gasteiger charge is -2.26. The molecular formula is C29H23BrF3NO5. The number of carbonyl (C=O) groups is 1. The average molecular weight is 602 g/mol. The summed E-state index contributed by atoms with van der Waals surface area (Å²) in [6.07, 6.45) is -4.63. The van der Waals surface area contributed by atoms with Crippen molar-refractivity contribution >= 4 is 38.5 Å². The second-order valence-corrected chi connectivity index (χ2v) is 10.5. The molecule has 202 valence electrons. The minimum absolute atomic E-state index is 0.0286. The maximum absolute atomic E-state index is 13.8. The molecule has 5 rings (SSSR count). The van der Waals surface area contributed by atoms with E-state index >= 15 is 0 Å². The molecule has 1 aliphatic heterocycles. The Morgan fingerprint density at radius 2 is 1.79 bits per heavy atom. The lowest BCUT2D eigenvalue weighted by atomic mass is 9.97. The van der Waals surface area contributed by atoms with Gasteiger partial charge in [-0.1, -0.05) is 41.9 Å². The van der Waals surface area contributed by atoms with Crippen molar-refractivity contribution in [3.05, 3.63) is 97.8 Å². The molecule has 3 aromatic carbocycles. The lowest BCUT2D eigenvalue weighted by molar-refractivity contribution is -0.137. The van der Waals surface area contributed by atoms with Crippen molar-refractivity contribution in [1.29, 1.82) is 0 Å². The number of methoxy groups -OCH3 is 1. The van der Waals surface area contributed by atoms with E-state index in [4.69, 9.17) is 13.9 Å². The van der Waals surface area contributed by atoms with Crippen molar-refractivity contribution in [2.75, 3.05) is 18.6 Å². The number of hydrogen-bond donors (Lipinski definition) is 0. The number of rotatable bonds is 6. The highest BCUT2D eigenvalue weighted by Crippen LogP contribution is 2.44. The van der Waals surface area contributed by atoms with Crippen molar-refractivity contribution < 1.29 is 31.9 Å². The summed E-state index contributed by atoms with van der Waals surface area (Å²) < 4.78 is 58.7. The van der Waals surface area contributed by atoms with Crippen LogP contribution >= 0.6 is 15.9 Å². The zero-order valence-corrected chi connectivity index (χ0v) is 22.7. The van der Waals surface area contributed by atoms with E-state index in [-0.39, 0.29) is 33.9 Å². The number of amides is 1. The number of alkyl halides is 3. The first kappa shape index (κ1) is 26.8. The molecule has 1 amide bonds. The molecule has 0 aliphatic carbocycles. The Balaban J connectivity index is 1.74. The summed E-state index contributed by atoms with van der Waals surface area (Å²) in [5, 5.41) is 0.232. The van der Waals surface area contributed by atoms with Gasteiger partial charge in [0, 0.05) is 10.2 Å². The zero-order chi connectivity index (χ0) is 28.1. The molecule has 0 spiro atoms. The van der Waals surface area contributed by atoms with Gasteiger partial charge in [0.2, 0.25) is 5.76 Å². The second kappa shape index (κ2) is 10.1. The fourth-order valence-electron chi connectivity index (χ4n) is 4.59. The summed E-state index contributed by atoms with van der Waals surface area (Å²) in [4.78, 5) is 28.7. The molecule has 1 aliphatic rings. The quantitative estimate of drug-likeness (QED) is 0.231. The SMILES string of the molecule is COc1cc(C2c3c(oc4ccc(Br)cc4c3=O)C(=O)N2c2cccc(C(F)(F)F)c2)ccc1OCC(C)C. The van der Waals surface area contributed by atoms with Gasteiger partial charge in [0.25, 0.3) is 5.91 Å². The molecule has 4 aromatic rings. The molecule has 0 radical (unpaired) electrons. The highest BCUT2D eigenvalue weighted by Gasteiger charge is 2.44. The van der Waals surface area contributed by atoms with Crippen LogP contribution in [0.2, 0.25) is 0 Å². The van der Waals surface area contributed by atoms with E-state index in [9.17, 15) is 22.8 Å². The van der Waals surface area contributed by atoms with E-state index in [1.807, 2.05) is 13.8 Å². The number of fused-ring (bicyclic) bond motifs is 2. The fourth-order valence-corrected chi connectivity index (χ4v) is 4.95. The molecular weight excluding hydrogens is 579 g/mol. The van der Waals surface area contributed by atoms with E-state index in [0.717, 1.165) is 17.0 Å². The Morgan fingerprint density at radius 3 is 2.49 bits per heavy atom. The molecule has 0 N–H and O–H groups in total. The average Bonchev–Trinajstić information content (AvgIpc) is 3.19. The van der Waals surface area contributed by atoms with E-state index in [1.165, 1.54) is 19.2 Å². The maximum Gasteiger partial charge on any atom is 0.416 e. The van der Waals surface area contributed by atoms with Crippen molar-refractivity contribution in [2.45, 2.75) is 26.1 Å². The van der Waals surface area contributed by atoms with Gasteiger partial charge >= 0.3 is 6.18 Å². The van der Waals surface area contributed by atoms with Crippen molar-refractivity contribution in [3.8, 4) is 11.5 Å². The van der Waals surface area contributed by atoms with Crippen LogP contribution in [0.15, 0.2) is 74.3 Å². The first-order valence-electron chi connectivity index (χ1n) is 12.1. The van der Waals surface area contributed by atoms with Gasteiger partial charge in [-0.05, 0) is 60.0 Å². The van der Waals surface area contributed by atoms with Gasteiger partial charge in [0.05, 0.1) is 36.3 Å². The summed E-state index contributed by atoms with van der Waals surface area (Å²) in [5.74, 6) is 0.111. The summed E-state index contributed by atoms with van der Waals surface area (Å²) >= 11 is 3.35. The van der Waals surface area contributed by atoms with E-state index in [0.29, 0.717) is 28.1 Å². The molecule has 6 nitrogen and oxygen atoms in total. The van der Waals surface area contributed by atoms with Crippen molar-refractivity contribution in [2.24, 2.45) is 5.92 Å². The van der Waals surface area contributed by atoms with Gasteiger partial charge in [-0.15, -0.1) is 0 Å². The van der Waals surface area contributed by atoms with Crippen LogP contribution in [0.4, 0.5) is 18.9 Å². The van der Waals surface area contributed by atoms with Gasteiger partial charge in [-0.3, -0.25) is 14.5 Å². The van der Waals surface area contributed by atoms with Gasteiger partial charge in [0.15, 0.2) is 16.9 Å². The van der Waals surface area contributed by atoms with Crippen LogP contribution in [-0.2, 0) is 6.18 Å².